The Morgan fingerprint density at radius 2 is 1.93 bits per heavy atom. The average Bonchev–Trinajstić information content (AvgIpc) is 3.27. The van der Waals surface area contributed by atoms with Gasteiger partial charge in [0, 0.05) is 18.0 Å². The summed E-state index contributed by atoms with van der Waals surface area (Å²) in [5.41, 5.74) is 4.55. The standard InChI is InChI=1S/C20H22N4O3S/c1-5-14-6-8-15(9-7-14)19-21-16(11-28-19)20(26)27-10-17(25)22-18-12(2)23-24(4)13(18)3/h6-9,11H,5,10H2,1-4H3,(H,22,25). The van der Waals surface area contributed by atoms with Crippen molar-refractivity contribution < 1.29 is 14.3 Å². The summed E-state index contributed by atoms with van der Waals surface area (Å²) in [6.07, 6.45) is 0.968. The van der Waals surface area contributed by atoms with Crippen LogP contribution in [-0.4, -0.2) is 33.2 Å². The maximum Gasteiger partial charge on any atom is 0.358 e. The summed E-state index contributed by atoms with van der Waals surface area (Å²) in [6.45, 7) is 5.37. The number of esters is 1. The zero-order valence-corrected chi connectivity index (χ0v) is 17.1. The lowest BCUT2D eigenvalue weighted by atomic mass is 10.1. The second kappa shape index (κ2) is 8.35. The lowest BCUT2D eigenvalue weighted by Gasteiger charge is -2.06. The summed E-state index contributed by atoms with van der Waals surface area (Å²) >= 11 is 1.36. The Hall–Kier alpha value is -3.00. The third-order valence-corrected chi connectivity index (χ3v) is 5.32. The minimum Gasteiger partial charge on any atom is -0.451 e. The highest BCUT2D eigenvalue weighted by Crippen LogP contribution is 2.24. The van der Waals surface area contributed by atoms with E-state index >= 15 is 0 Å². The van der Waals surface area contributed by atoms with E-state index in [1.165, 1.54) is 16.9 Å². The van der Waals surface area contributed by atoms with Gasteiger partial charge >= 0.3 is 5.97 Å². The monoisotopic (exact) mass is 398 g/mol. The molecule has 28 heavy (non-hydrogen) atoms. The molecule has 2 aromatic heterocycles. The van der Waals surface area contributed by atoms with Gasteiger partial charge in [-0.3, -0.25) is 9.48 Å². The quantitative estimate of drug-likeness (QED) is 0.642. The van der Waals surface area contributed by atoms with Crippen LogP contribution in [-0.2, 0) is 23.0 Å². The molecule has 0 bridgehead atoms. The number of nitrogens with zero attached hydrogens (tertiary/aromatic N) is 3. The Balaban J connectivity index is 1.59. The minimum absolute atomic E-state index is 0.195. The molecular weight excluding hydrogens is 376 g/mol. The first-order chi connectivity index (χ1) is 13.4. The van der Waals surface area contributed by atoms with Crippen LogP contribution in [0.25, 0.3) is 10.6 Å². The number of carbonyl (C=O) groups excluding carboxylic acids is 2. The maximum absolute atomic E-state index is 12.2. The molecule has 0 aliphatic carbocycles. The van der Waals surface area contributed by atoms with E-state index in [1.807, 2.05) is 31.2 Å². The molecule has 3 rings (SSSR count). The summed E-state index contributed by atoms with van der Waals surface area (Å²) in [4.78, 5) is 28.6. The second-order valence-corrected chi connectivity index (χ2v) is 7.24. The van der Waals surface area contributed by atoms with Gasteiger partial charge in [0.1, 0.15) is 5.01 Å². The van der Waals surface area contributed by atoms with Crippen LogP contribution in [0.3, 0.4) is 0 Å². The number of amides is 1. The van der Waals surface area contributed by atoms with E-state index in [1.54, 1.807) is 24.0 Å². The third kappa shape index (κ3) is 4.28. The van der Waals surface area contributed by atoms with Crippen LogP contribution < -0.4 is 5.32 Å². The number of hydrogen-bond donors (Lipinski definition) is 1. The Morgan fingerprint density at radius 1 is 1.21 bits per heavy atom. The Labute approximate surface area is 167 Å². The molecule has 1 N–H and O–H groups in total. The molecule has 7 nitrogen and oxygen atoms in total. The van der Waals surface area contributed by atoms with Crippen molar-refractivity contribution in [3.63, 3.8) is 0 Å². The first-order valence-electron chi connectivity index (χ1n) is 8.91. The van der Waals surface area contributed by atoms with E-state index in [0.717, 1.165) is 22.7 Å². The predicted molar refractivity (Wildman–Crippen MR) is 109 cm³/mol. The summed E-state index contributed by atoms with van der Waals surface area (Å²) in [7, 11) is 1.80. The number of aryl methyl sites for hydroxylation is 3. The van der Waals surface area contributed by atoms with Gasteiger partial charge in [-0.15, -0.1) is 11.3 Å². The fourth-order valence-electron chi connectivity index (χ4n) is 2.72. The molecule has 0 aliphatic rings. The molecule has 0 atom stereocenters. The van der Waals surface area contributed by atoms with Crippen molar-refractivity contribution in [2.45, 2.75) is 27.2 Å². The number of aromatic nitrogens is 3. The number of carbonyl (C=O) groups is 2. The Morgan fingerprint density at radius 3 is 2.54 bits per heavy atom. The molecule has 0 radical (unpaired) electrons. The molecular formula is C20H22N4O3S. The van der Waals surface area contributed by atoms with Crippen molar-refractivity contribution in [2.75, 3.05) is 11.9 Å². The molecule has 8 heteroatoms. The normalized spacial score (nSPS) is 10.7. The van der Waals surface area contributed by atoms with Crippen LogP contribution in [0.2, 0.25) is 0 Å². The van der Waals surface area contributed by atoms with Crippen molar-refractivity contribution in [2.24, 2.45) is 7.05 Å². The Bertz CT molecular complexity index is 1010. The fraction of sp³-hybridized carbons (Fsp3) is 0.300. The number of benzene rings is 1. The van der Waals surface area contributed by atoms with Crippen molar-refractivity contribution in [3.8, 4) is 10.6 Å². The topological polar surface area (TPSA) is 86.1 Å². The van der Waals surface area contributed by atoms with E-state index in [-0.39, 0.29) is 12.3 Å². The molecule has 0 fully saturated rings. The molecule has 1 amide bonds. The van der Waals surface area contributed by atoms with Crippen LogP contribution in [0.15, 0.2) is 29.6 Å². The van der Waals surface area contributed by atoms with Gasteiger partial charge in [-0.2, -0.15) is 5.10 Å². The van der Waals surface area contributed by atoms with Crippen LogP contribution in [0.4, 0.5) is 5.69 Å². The highest BCUT2D eigenvalue weighted by atomic mass is 32.1. The summed E-state index contributed by atoms with van der Waals surface area (Å²) in [5.74, 6) is -1.04. The van der Waals surface area contributed by atoms with Crippen molar-refractivity contribution >= 4 is 28.9 Å². The highest BCUT2D eigenvalue weighted by Gasteiger charge is 2.17. The van der Waals surface area contributed by atoms with Gasteiger partial charge in [-0.1, -0.05) is 31.2 Å². The SMILES string of the molecule is CCc1ccc(-c2nc(C(=O)OCC(=O)Nc3c(C)nn(C)c3C)cs2)cc1. The first-order valence-corrected chi connectivity index (χ1v) is 9.79. The minimum atomic E-state index is -0.623. The maximum atomic E-state index is 12.2. The van der Waals surface area contributed by atoms with Crippen LogP contribution in [0.1, 0.15) is 34.4 Å². The number of hydrogen-bond acceptors (Lipinski definition) is 6. The first kappa shape index (κ1) is 19.8. The summed E-state index contributed by atoms with van der Waals surface area (Å²) in [6, 6.07) is 8.06. The average molecular weight is 398 g/mol. The van der Waals surface area contributed by atoms with Gasteiger partial charge in [0.2, 0.25) is 0 Å². The summed E-state index contributed by atoms with van der Waals surface area (Å²) < 4.78 is 6.78. The highest BCUT2D eigenvalue weighted by molar-refractivity contribution is 7.13. The zero-order valence-electron chi connectivity index (χ0n) is 16.3. The molecule has 1 aromatic carbocycles. The van der Waals surface area contributed by atoms with Crippen molar-refractivity contribution in [1.29, 1.82) is 0 Å². The van der Waals surface area contributed by atoms with Gasteiger partial charge in [0.15, 0.2) is 12.3 Å². The van der Waals surface area contributed by atoms with E-state index in [4.69, 9.17) is 4.74 Å². The third-order valence-electron chi connectivity index (χ3n) is 4.43. The molecule has 2 heterocycles. The van der Waals surface area contributed by atoms with E-state index in [0.29, 0.717) is 11.4 Å². The fourth-order valence-corrected chi connectivity index (χ4v) is 3.51. The Kier molecular flexibility index (Phi) is 5.89. The molecule has 0 saturated heterocycles. The van der Waals surface area contributed by atoms with Gasteiger partial charge in [-0.25, -0.2) is 9.78 Å². The van der Waals surface area contributed by atoms with E-state index in [9.17, 15) is 9.59 Å². The lowest BCUT2D eigenvalue weighted by Crippen LogP contribution is -2.21. The van der Waals surface area contributed by atoms with E-state index in [2.05, 4.69) is 22.3 Å². The van der Waals surface area contributed by atoms with Gasteiger partial charge in [0.25, 0.3) is 5.91 Å². The van der Waals surface area contributed by atoms with Crippen LogP contribution in [0.5, 0.6) is 0 Å². The number of rotatable bonds is 6. The smallest absolute Gasteiger partial charge is 0.358 e. The zero-order chi connectivity index (χ0) is 20.3. The van der Waals surface area contributed by atoms with Crippen molar-refractivity contribution in [3.05, 3.63) is 52.3 Å². The second-order valence-electron chi connectivity index (χ2n) is 6.38. The summed E-state index contributed by atoms with van der Waals surface area (Å²) in [5, 5.41) is 9.34. The largest absolute Gasteiger partial charge is 0.451 e. The van der Waals surface area contributed by atoms with Crippen molar-refractivity contribution in [1.82, 2.24) is 14.8 Å². The van der Waals surface area contributed by atoms with E-state index < -0.39 is 11.9 Å². The molecule has 0 spiro atoms. The number of thiazole rings is 1. The van der Waals surface area contributed by atoms with Gasteiger partial charge < -0.3 is 10.1 Å². The molecule has 0 unspecified atom stereocenters. The van der Waals surface area contributed by atoms with Crippen LogP contribution in [0, 0.1) is 13.8 Å². The molecule has 3 aromatic rings. The predicted octanol–water partition coefficient (Wildman–Crippen LogP) is 3.52. The number of ether oxygens (including phenoxy) is 1. The lowest BCUT2D eigenvalue weighted by molar-refractivity contribution is -0.119. The molecule has 146 valence electrons. The molecule has 0 saturated carbocycles. The number of anilines is 1. The van der Waals surface area contributed by atoms with Gasteiger partial charge in [0.05, 0.1) is 17.1 Å². The number of nitrogens with one attached hydrogen (secondary N) is 1. The van der Waals surface area contributed by atoms with Crippen LogP contribution >= 0.6 is 11.3 Å². The van der Waals surface area contributed by atoms with Gasteiger partial charge in [-0.05, 0) is 25.8 Å². The molecule has 0 aliphatic heterocycles.